The van der Waals surface area contributed by atoms with Crippen LogP contribution < -0.4 is 4.74 Å². The number of ether oxygens (including phenoxy) is 2. The predicted molar refractivity (Wildman–Crippen MR) is 76.5 cm³/mol. The molecule has 2 atom stereocenters. The average Bonchev–Trinajstić information content (AvgIpc) is 2.48. The summed E-state index contributed by atoms with van der Waals surface area (Å²) in [5, 5.41) is 10.3. The summed E-state index contributed by atoms with van der Waals surface area (Å²) < 4.78 is 11.2. The lowest BCUT2D eigenvalue weighted by molar-refractivity contribution is 0.0656. The second kappa shape index (κ2) is 5.65. The van der Waals surface area contributed by atoms with Crippen molar-refractivity contribution in [2.24, 2.45) is 0 Å². The third kappa shape index (κ3) is 2.55. The molecule has 3 nitrogen and oxygen atoms in total. The molecule has 1 aliphatic rings. The number of hydrogen-bond donors (Lipinski definition) is 1. The second-order valence-corrected chi connectivity index (χ2v) is 5.07. The van der Waals surface area contributed by atoms with Gasteiger partial charge < -0.3 is 14.6 Å². The van der Waals surface area contributed by atoms with Gasteiger partial charge in [-0.1, -0.05) is 36.4 Å². The SMILES string of the molecule is COCc1cccc(C2C[C@@H](O)c3ccccc3O2)c1. The number of rotatable bonds is 3. The molecular formula is C17H18O3. The Kier molecular flexibility index (Phi) is 3.72. The minimum Gasteiger partial charge on any atom is -0.485 e. The van der Waals surface area contributed by atoms with E-state index in [9.17, 15) is 5.11 Å². The number of fused-ring (bicyclic) bond motifs is 1. The summed E-state index contributed by atoms with van der Waals surface area (Å²) in [5.74, 6) is 0.772. The molecule has 0 aromatic heterocycles. The van der Waals surface area contributed by atoms with Crippen LogP contribution in [0.4, 0.5) is 0 Å². The molecule has 0 spiro atoms. The fraction of sp³-hybridized carbons (Fsp3) is 0.294. The molecule has 0 bridgehead atoms. The van der Waals surface area contributed by atoms with Gasteiger partial charge in [0.1, 0.15) is 11.9 Å². The third-order valence-electron chi connectivity index (χ3n) is 3.62. The van der Waals surface area contributed by atoms with Gasteiger partial charge in [0.25, 0.3) is 0 Å². The summed E-state index contributed by atoms with van der Waals surface area (Å²) in [6.07, 6.45) is -0.0132. The minimum absolute atomic E-state index is 0.114. The van der Waals surface area contributed by atoms with E-state index in [2.05, 4.69) is 6.07 Å². The van der Waals surface area contributed by atoms with Gasteiger partial charge in [-0.05, 0) is 23.3 Å². The zero-order valence-electron chi connectivity index (χ0n) is 11.5. The lowest BCUT2D eigenvalue weighted by Crippen LogP contribution is -2.19. The molecule has 20 heavy (non-hydrogen) atoms. The maximum atomic E-state index is 10.3. The Morgan fingerprint density at radius 2 is 2.05 bits per heavy atom. The molecule has 0 radical (unpaired) electrons. The Morgan fingerprint density at radius 1 is 1.20 bits per heavy atom. The van der Waals surface area contributed by atoms with Gasteiger partial charge in [-0.3, -0.25) is 0 Å². The van der Waals surface area contributed by atoms with E-state index in [-0.39, 0.29) is 6.10 Å². The zero-order valence-corrected chi connectivity index (χ0v) is 11.5. The van der Waals surface area contributed by atoms with Crippen LogP contribution in [0.15, 0.2) is 48.5 Å². The standard InChI is InChI=1S/C17H18O3/c1-19-11-12-5-4-6-13(9-12)17-10-15(18)14-7-2-3-8-16(14)20-17/h2-9,15,17-18H,10-11H2,1H3/t15-,17?/m1/s1. The number of aliphatic hydroxyl groups is 1. The molecule has 3 rings (SSSR count). The van der Waals surface area contributed by atoms with Crippen LogP contribution >= 0.6 is 0 Å². The quantitative estimate of drug-likeness (QED) is 0.929. The first-order valence-electron chi connectivity index (χ1n) is 6.79. The van der Waals surface area contributed by atoms with Gasteiger partial charge >= 0.3 is 0 Å². The van der Waals surface area contributed by atoms with Gasteiger partial charge in [-0.2, -0.15) is 0 Å². The molecule has 1 N–H and O–H groups in total. The number of benzene rings is 2. The molecule has 0 aliphatic carbocycles. The Hall–Kier alpha value is -1.84. The van der Waals surface area contributed by atoms with Crippen LogP contribution in [0.2, 0.25) is 0 Å². The lowest BCUT2D eigenvalue weighted by Gasteiger charge is -2.30. The first kappa shape index (κ1) is 13.2. The summed E-state index contributed by atoms with van der Waals surface area (Å²) in [4.78, 5) is 0. The highest BCUT2D eigenvalue weighted by atomic mass is 16.5. The summed E-state index contributed by atoms with van der Waals surface area (Å²) in [7, 11) is 1.68. The average molecular weight is 270 g/mol. The van der Waals surface area contributed by atoms with E-state index in [1.807, 2.05) is 42.5 Å². The Bertz CT molecular complexity index is 594. The highest BCUT2D eigenvalue weighted by Crippen LogP contribution is 2.40. The van der Waals surface area contributed by atoms with Crippen molar-refractivity contribution in [2.75, 3.05) is 7.11 Å². The predicted octanol–water partition coefficient (Wildman–Crippen LogP) is 3.39. The summed E-state index contributed by atoms with van der Waals surface area (Å²) in [5.41, 5.74) is 3.06. The normalized spacial score (nSPS) is 21.1. The maximum Gasteiger partial charge on any atom is 0.127 e. The van der Waals surface area contributed by atoms with E-state index in [1.54, 1.807) is 7.11 Å². The molecule has 1 aliphatic heterocycles. The van der Waals surface area contributed by atoms with E-state index < -0.39 is 6.10 Å². The molecule has 0 saturated heterocycles. The molecule has 1 unspecified atom stereocenters. The second-order valence-electron chi connectivity index (χ2n) is 5.07. The monoisotopic (exact) mass is 270 g/mol. The molecule has 2 aromatic rings. The molecule has 0 saturated carbocycles. The Labute approximate surface area is 118 Å². The molecule has 3 heteroatoms. The number of methoxy groups -OCH3 is 1. The van der Waals surface area contributed by atoms with Crippen molar-refractivity contribution < 1.29 is 14.6 Å². The summed E-state index contributed by atoms with van der Waals surface area (Å²) in [6.45, 7) is 0.583. The van der Waals surface area contributed by atoms with Crippen LogP contribution in [0, 0.1) is 0 Å². The zero-order chi connectivity index (χ0) is 13.9. The van der Waals surface area contributed by atoms with Crippen LogP contribution in [0.5, 0.6) is 5.75 Å². The van der Waals surface area contributed by atoms with E-state index in [4.69, 9.17) is 9.47 Å². The summed E-state index contributed by atoms with van der Waals surface area (Å²) in [6, 6.07) is 15.8. The molecule has 104 valence electrons. The van der Waals surface area contributed by atoms with Crippen molar-refractivity contribution in [3.63, 3.8) is 0 Å². The van der Waals surface area contributed by atoms with Crippen LogP contribution in [0.3, 0.4) is 0 Å². The lowest BCUT2D eigenvalue weighted by atomic mass is 9.94. The van der Waals surface area contributed by atoms with Crippen LogP contribution in [-0.4, -0.2) is 12.2 Å². The largest absolute Gasteiger partial charge is 0.485 e. The molecular weight excluding hydrogens is 252 g/mol. The number of aliphatic hydroxyl groups excluding tert-OH is 1. The Morgan fingerprint density at radius 3 is 2.90 bits per heavy atom. The van der Waals surface area contributed by atoms with Gasteiger partial charge in [0.15, 0.2) is 0 Å². The molecule has 0 fully saturated rings. The number of para-hydroxylation sites is 1. The van der Waals surface area contributed by atoms with Crippen molar-refractivity contribution in [1.82, 2.24) is 0 Å². The molecule has 2 aromatic carbocycles. The smallest absolute Gasteiger partial charge is 0.127 e. The van der Waals surface area contributed by atoms with Crippen molar-refractivity contribution >= 4 is 0 Å². The van der Waals surface area contributed by atoms with E-state index in [0.29, 0.717) is 13.0 Å². The van der Waals surface area contributed by atoms with Crippen molar-refractivity contribution in [3.8, 4) is 5.75 Å². The van der Waals surface area contributed by atoms with E-state index >= 15 is 0 Å². The molecule has 1 heterocycles. The number of hydrogen-bond acceptors (Lipinski definition) is 3. The van der Waals surface area contributed by atoms with Crippen LogP contribution in [0.1, 0.15) is 35.3 Å². The third-order valence-corrected chi connectivity index (χ3v) is 3.62. The Balaban J connectivity index is 1.87. The van der Waals surface area contributed by atoms with Crippen molar-refractivity contribution in [2.45, 2.75) is 25.2 Å². The highest BCUT2D eigenvalue weighted by molar-refractivity contribution is 5.38. The van der Waals surface area contributed by atoms with Gasteiger partial charge in [0.05, 0.1) is 12.7 Å². The fourth-order valence-electron chi connectivity index (χ4n) is 2.65. The summed E-state index contributed by atoms with van der Waals surface area (Å²) >= 11 is 0. The fourth-order valence-corrected chi connectivity index (χ4v) is 2.65. The van der Waals surface area contributed by atoms with Crippen LogP contribution in [0.25, 0.3) is 0 Å². The van der Waals surface area contributed by atoms with Gasteiger partial charge in [0.2, 0.25) is 0 Å². The molecule has 0 amide bonds. The minimum atomic E-state index is -0.476. The highest BCUT2D eigenvalue weighted by Gasteiger charge is 2.27. The first-order chi connectivity index (χ1) is 9.78. The van der Waals surface area contributed by atoms with Gasteiger partial charge in [-0.15, -0.1) is 0 Å². The van der Waals surface area contributed by atoms with E-state index in [0.717, 1.165) is 22.4 Å². The van der Waals surface area contributed by atoms with Gasteiger partial charge in [-0.25, -0.2) is 0 Å². The maximum absolute atomic E-state index is 10.3. The van der Waals surface area contributed by atoms with Crippen molar-refractivity contribution in [1.29, 1.82) is 0 Å². The first-order valence-corrected chi connectivity index (χ1v) is 6.79. The van der Waals surface area contributed by atoms with Crippen LogP contribution in [-0.2, 0) is 11.3 Å². The topological polar surface area (TPSA) is 38.7 Å². The van der Waals surface area contributed by atoms with Crippen molar-refractivity contribution in [3.05, 3.63) is 65.2 Å². The van der Waals surface area contributed by atoms with E-state index in [1.165, 1.54) is 0 Å². The van der Waals surface area contributed by atoms with Gasteiger partial charge in [0, 0.05) is 19.1 Å².